The van der Waals surface area contributed by atoms with Crippen molar-refractivity contribution in [2.45, 2.75) is 13.3 Å². The van der Waals surface area contributed by atoms with E-state index >= 15 is 0 Å². The van der Waals surface area contributed by atoms with E-state index in [0.29, 0.717) is 28.7 Å². The third kappa shape index (κ3) is 3.86. The molecule has 2 heteroatoms. The molecule has 0 bridgehead atoms. The van der Waals surface area contributed by atoms with Gasteiger partial charge in [-0.05, 0) is 78.2 Å². The molecule has 1 heterocycles. The Hall–Kier alpha value is -5.73. The summed E-state index contributed by atoms with van der Waals surface area (Å²) in [6.07, 6.45) is 0.683. The standard InChI is InChI=1S/C43H30N2/c1-2-41-44-38-24-11-12-25-40(38)45(41)39-27-26-37(30-17-5-6-18-31(30)39)43-35-21-9-7-19-33(35)42(34-20-8-10-22-36(34)43)32-23-13-15-28-14-3-4-16-29(28)32/h3-27H,2H2,1H3/i7D,8D,9D,10D,19D,20D,21D,22D. The summed E-state index contributed by atoms with van der Waals surface area (Å²) in [6.45, 7) is 2.06. The molecule has 0 radical (unpaired) electrons. The zero-order chi connectivity index (χ0) is 36.9. The van der Waals surface area contributed by atoms with E-state index in [2.05, 4.69) is 11.5 Å². The Morgan fingerprint density at radius 3 is 1.78 bits per heavy atom. The summed E-state index contributed by atoms with van der Waals surface area (Å²) in [6, 6.07) is 30.1. The molecule has 2 nitrogen and oxygen atoms in total. The van der Waals surface area contributed by atoms with Crippen molar-refractivity contribution in [1.29, 1.82) is 0 Å². The Bertz CT molecular complexity index is 2950. The third-order valence-corrected chi connectivity index (χ3v) is 8.79. The van der Waals surface area contributed by atoms with Gasteiger partial charge >= 0.3 is 0 Å². The number of rotatable bonds is 4. The monoisotopic (exact) mass is 582 g/mol. The molecule has 0 saturated carbocycles. The fraction of sp³-hybridized carbons (Fsp3) is 0.0465. The van der Waals surface area contributed by atoms with Crippen LogP contribution in [0.2, 0.25) is 0 Å². The summed E-state index contributed by atoms with van der Waals surface area (Å²) < 4.78 is 75.2. The van der Waals surface area contributed by atoms with Crippen molar-refractivity contribution >= 4 is 54.1 Å². The number of aromatic nitrogens is 2. The minimum Gasteiger partial charge on any atom is -0.296 e. The SMILES string of the molecule is [2H]c1c([2H])c([2H])c2c(-c3ccc(-n4c(CC)nc5ccccc54)c4ccccc34)c3c([2H])c([2H])c([2H])c([2H])c3c(-c3cccc4ccccc34)c2c1[2H]. The normalized spacial score (nSPS) is 14.2. The average molecular weight is 583 g/mol. The maximum atomic E-state index is 9.45. The molecule has 0 aliphatic carbocycles. The quantitative estimate of drug-likeness (QED) is 0.189. The van der Waals surface area contributed by atoms with E-state index < -0.39 is 24.2 Å². The van der Waals surface area contributed by atoms with Crippen molar-refractivity contribution in [1.82, 2.24) is 9.55 Å². The van der Waals surface area contributed by atoms with Gasteiger partial charge in [0.15, 0.2) is 0 Å². The van der Waals surface area contributed by atoms with Crippen LogP contribution in [-0.4, -0.2) is 9.55 Å². The Balaban J connectivity index is 1.54. The van der Waals surface area contributed by atoms with E-state index in [-0.39, 0.29) is 45.7 Å². The van der Waals surface area contributed by atoms with Crippen LogP contribution in [0.4, 0.5) is 0 Å². The number of benzene rings is 8. The van der Waals surface area contributed by atoms with Gasteiger partial charge in [-0.1, -0.05) is 140 Å². The Kier molecular flexibility index (Phi) is 4.26. The molecule has 0 amide bonds. The summed E-state index contributed by atoms with van der Waals surface area (Å²) in [5.74, 6) is 0.877. The third-order valence-electron chi connectivity index (χ3n) is 8.79. The van der Waals surface area contributed by atoms with Crippen LogP contribution >= 0.6 is 0 Å². The molecule has 9 aromatic rings. The number of fused-ring (bicyclic) bond motifs is 5. The van der Waals surface area contributed by atoms with E-state index in [1.54, 1.807) is 0 Å². The predicted octanol–water partition coefficient (Wildman–Crippen LogP) is 11.5. The lowest BCUT2D eigenvalue weighted by Gasteiger charge is -2.20. The first-order valence-corrected chi connectivity index (χ1v) is 15.1. The molecule has 0 fully saturated rings. The van der Waals surface area contributed by atoms with Crippen LogP contribution in [0.15, 0.2) is 151 Å². The molecule has 0 saturated heterocycles. The molecule has 8 aromatic carbocycles. The first-order valence-electron chi connectivity index (χ1n) is 19.1. The molecule has 0 aliphatic rings. The smallest absolute Gasteiger partial charge is 0.114 e. The highest BCUT2D eigenvalue weighted by molar-refractivity contribution is 6.25. The van der Waals surface area contributed by atoms with Gasteiger partial charge in [0, 0.05) is 11.8 Å². The van der Waals surface area contributed by atoms with Crippen molar-refractivity contribution < 1.29 is 11.0 Å². The highest BCUT2D eigenvalue weighted by Crippen LogP contribution is 2.47. The van der Waals surface area contributed by atoms with Gasteiger partial charge in [0.1, 0.15) is 5.82 Å². The first kappa shape index (κ1) is 18.8. The van der Waals surface area contributed by atoms with Gasteiger partial charge in [-0.25, -0.2) is 4.98 Å². The molecule has 0 N–H and O–H groups in total. The summed E-state index contributed by atoms with van der Waals surface area (Å²) in [4.78, 5) is 4.91. The van der Waals surface area contributed by atoms with Gasteiger partial charge in [0.05, 0.1) is 27.7 Å². The molecule has 45 heavy (non-hydrogen) atoms. The minimum absolute atomic E-state index is 0.191. The molecule has 212 valence electrons. The van der Waals surface area contributed by atoms with Crippen LogP contribution in [-0.2, 0) is 6.42 Å². The van der Waals surface area contributed by atoms with Gasteiger partial charge in [-0.3, -0.25) is 4.57 Å². The van der Waals surface area contributed by atoms with E-state index in [1.807, 2.05) is 103 Å². The molecule has 0 unspecified atom stereocenters. The molecule has 1 aromatic heterocycles. The van der Waals surface area contributed by atoms with Crippen molar-refractivity contribution in [3.63, 3.8) is 0 Å². The van der Waals surface area contributed by atoms with Crippen molar-refractivity contribution in [2.75, 3.05) is 0 Å². The van der Waals surface area contributed by atoms with E-state index in [1.165, 1.54) is 0 Å². The molecule has 0 atom stereocenters. The number of aryl methyl sites for hydroxylation is 1. The summed E-state index contributed by atoms with van der Waals surface area (Å²) in [5, 5.41) is 4.06. The molecule has 9 rings (SSSR count). The first-order chi connectivity index (χ1) is 25.6. The number of nitrogens with zero attached hydrogens (tertiary/aromatic N) is 2. The molecular formula is C43H30N2. The Morgan fingerprint density at radius 2 is 1.09 bits per heavy atom. The molecular weight excluding hydrogens is 544 g/mol. The summed E-state index contributed by atoms with van der Waals surface area (Å²) >= 11 is 0. The van der Waals surface area contributed by atoms with Gasteiger partial charge in [-0.2, -0.15) is 0 Å². The molecule has 0 spiro atoms. The van der Waals surface area contributed by atoms with E-state index in [0.717, 1.165) is 44.1 Å². The van der Waals surface area contributed by atoms with Crippen molar-refractivity contribution in [3.05, 3.63) is 157 Å². The van der Waals surface area contributed by atoms with Crippen LogP contribution in [0.1, 0.15) is 23.7 Å². The summed E-state index contributed by atoms with van der Waals surface area (Å²) in [5.41, 5.74) is 4.55. The fourth-order valence-electron chi connectivity index (χ4n) is 6.89. The lowest BCUT2D eigenvalue weighted by molar-refractivity contribution is 0.913. The second-order valence-electron chi connectivity index (χ2n) is 11.2. The highest BCUT2D eigenvalue weighted by Gasteiger charge is 2.21. The number of hydrogen-bond donors (Lipinski definition) is 0. The van der Waals surface area contributed by atoms with Crippen LogP contribution in [0, 0.1) is 0 Å². The maximum Gasteiger partial charge on any atom is 0.114 e. The number of para-hydroxylation sites is 2. The largest absolute Gasteiger partial charge is 0.296 e. The minimum atomic E-state index is -0.425. The average Bonchev–Trinajstić information content (AvgIpc) is 3.57. The second kappa shape index (κ2) is 10.2. The van der Waals surface area contributed by atoms with E-state index in [9.17, 15) is 5.48 Å². The Morgan fingerprint density at radius 1 is 0.533 bits per heavy atom. The van der Waals surface area contributed by atoms with Crippen LogP contribution in [0.3, 0.4) is 0 Å². The lowest BCUT2D eigenvalue weighted by atomic mass is 9.83. The van der Waals surface area contributed by atoms with Gasteiger partial charge in [0.2, 0.25) is 0 Å². The number of imidazole rings is 1. The van der Waals surface area contributed by atoms with Crippen molar-refractivity contribution in [2.24, 2.45) is 0 Å². The topological polar surface area (TPSA) is 17.8 Å². The van der Waals surface area contributed by atoms with Crippen LogP contribution in [0.25, 0.3) is 82.1 Å². The highest BCUT2D eigenvalue weighted by atomic mass is 15.1. The van der Waals surface area contributed by atoms with Crippen LogP contribution < -0.4 is 0 Å². The molecule has 0 aliphatic heterocycles. The van der Waals surface area contributed by atoms with E-state index in [4.69, 9.17) is 10.5 Å². The van der Waals surface area contributed by atoms with Crippen LogP contribution in [0.5, 0.6) is 0 Å². The van der Waals surface area contributed by atoms with Gasteiger partial charge < -0.3 is 0 Å². The zero-order valence-corrected chi connectivity index (χ0v) is 24.4. The summed E-state index contributed by atoms with van der Waals surface area (Å²) in [7, 11) is 0. The van der Waals surface area contributed by atoms with Gasteiger partial charge in [-0.15, -0.1) is 0 Å². The number of hydrogen-bond acceptors (Lipinski definition) is 1. The maximum absolute atomic E-state index is 9.45. The Labute approximate surface area is 273 Å². The van der Waals surface area contributed by atoms with Gasteiger partial charge in [0.25, 0.3) is 0 Å². The predicted molar refractivity (Wildman–Crippen MR) is 191 cm³/mol. The fourth-order valence-corrected chi connectivity index (χ4v) is 6.89. The zero-order valence-electron chi connectivity index (χ0n) is 32.4. The lowest BCUT2D eigenvalue weighted by Crippen LogP contribution is -2.01. The van der Waals surface area contributed by atoms with Crippen molar-refractivity contribution in [3.8, 4) is 27.9 Å². The second-order valence-corrected chi connectivity index (χ2v) is 11.2.